The quantitative estimate of drug-likeness (QED) is 0.857. The molecule has 138 valence electrons. The largest absolute Gasteiger partial charge is 0.435 e. The van der Waals surface area contributed by atoms with Crippen molar-refractivity contribution in [3.63, 3.8) is 0 Å². The van der Waals surface area contributed by atoms with Crippen molar-refractivity contribution in [3.8, 4) is 5.75 Å². The Hall–Kier alpha value is -2.48. The van der Waals surface area contributed by atoms with Gasteiger partial charge in [-0.2, -0.15) is 8.78 Å². The number of likely N-dealkylation sites (tertiary alicyclic amines) is 1. The first-order chi connectivity index (χ1) is 12.5. The first-order valence-corrected chi connectivity index (χ1v) is 9.09. The van der Waals surface area contributed by atoms with Crippen LogP contribution in [0.25, 0.3) is 0 Å². The highest BCUT2D eigenvalue weighted by molar-refractivity contribution is 7.12. The van der Waals surface area contributed by atoms with E-state index in [4.69, 9.17) is 0 Å². The number of carbonyl (C=O) groups excluding carboxylic acids is 2. The summed E-state index contributed by atoms with van der Waals surface area (Å²) in [6.07, 6.45) is 1.46. The SMILES string of the molecule is O=C(Nc1ccc(OC(F)F)cc1)[C@H]1CCCN(C(=O)c2cccs2)C1. The van der Waals surface area contributed by atoms with Gasteiger partial charge in [0, 0.05) is 18.8 Å². The van der Waals surface area contributed by atoms with E-state index in [1.165, 1.54) is 35.6 Å². The summed E-state index contributed by atoms with van der Waals surface area (Å²) >= 11 is 1.39. The molecule has 1 aliphatic rings. The van der Waals surface area contributed by atoms with Gasteiger partial charge >= 0.3 is 6.61 Å². The van der Waals surface area contributed by atoms with Gasteiger partial charge in [0.1, 0.15) is 5.75 Å². The number of piperidine rings is 1. The van der Waals surface area contributed by atoms with Gasteiger partial charge in [0.05, 0.1) is 10.8 Å². The number of rotatable bonds is 5. The van der Waals surface area contributed by atoms with Crippen LogP contribution in [-0.4, -0.2) is 36.4 Å². The average molecular weight is 380 g/mol. The summed E-state index contributed by atoms with van der Waals surface area (Å²) in [5.74, 6) is -0.504. The van der Waals surface area contributed by atoms with Crippen LogP contribution in [0.2, 0.25) is 0 Å². The number of hydrogen-bond acceptors (Lipinski definition) is 4. The molecule has 26 heavy (non-hydrogen) atoms. The summed E-state index contributed by atoms with van der Waals surface area (Å²) in [5, 5.41) is 4.62. The second-order valence-electron chi connectivity index (χ2n) is 5.96. The average Bonchev–Trinajstić information content (AvgIpc) is 3.17. The van der Waals surface area contributed by atoms with E-state index in [0.29, 0.717) is 30.1 Å². The number of carbonyl (C=O) groups is 2. The number of benzene rings is 1. The van der Waals surface area contributed by atoms with Crippen molar-refractivity contribution in [1.82, 2.24) is 4.90 Å². The number of hydrogen-bond donors (Lipinski definition) is 1. The molecule has 1 aromatic heterocycles. The highest BCUT2D eigenvalue weighted by Gasteiger charge is 2.29. The van der Waals surface area contributed by atoms with E-state index in [0.717, 1.165) is 6.42 Å². The summed E-state index contributed by atoms with van der Waals surface area (Å²) in [6, 6.07) is 9.36. The smallest absolute Gasteiger partial charge is 0.387 e. The molecule has 2 amide bonds. The molecule has 0 aliphatic carbocycles. The summed E-state index contributed by atoms with van der Waals surface area (Å²) in [7, 11) is 0. The van der Waals surface area contributed by atoms with Gasteiger partial charge in [-0.3, -0.25) is 9.59 Å². The summed E-state index contributed by atoms with van der Waals surface area (Å²) in [6.45, 7) is -1.88. The molecule has 0 bridgehead atoms. The number of thiophene rings is 1. The fourth-order valence-electron chi connectivity index (χ4n) is 2.90. The van der Waals surface area contributed by atoms with Gasteiger partial charge in [0.25, 0.3) is 5.91 Å². The summed E-state index contributed by atoms with van der Waals surface area (Å²) in [5.41, 5.74) is 0.498. The molecule has 5 nitrogen and oxygen atoms in total. The Bertz CT molecular complexity index is 750. The maximum atomic E-state index is 12.5. The highest BCUT2D eigenvalue weighted by Crippen LogP contribution is 2.23. The van der Waals surface area contributed by atoms with Gasteiger partial charge in [-0.25, -0.2) is 0 Å². The molecule has 0 saturated carbocycles. The molecule has 8 heteroatoms. The molecule has 0 unspecified atom stereocenters. The molecule has 0 radical (unpaired) electrons. The van der Waals surface area contributed by atoms with E-state index in [9.17, 15) is 18.4 Å². The maximum absolute atomic E-state index is 12.5. The minimum Gasteiger partial charge on any atom is -0.435 e. The zero-order valence-corrected chi connectivity index (χ0v) is 14.7. The van der Waals surface area contributed by atoms with Crippen LogP contribution >= 0.6 is 11.3 Å². The number of nitrogens with one attached hydrogen (secondary N) is 1. The van der Waals surface area contributed by atoms with Gasteiger partial charge in [-0.05, 0) is 48.6 Å². The van der Waals surface area contributed by atoms with Gasteiger partial charge in [-0.15, -0.1) is 11.3 Å². The predicted octanol–water partition coefficient (Wildman–Crippen LogP) is 3.84. The van der Waals surface area contributed by atoms with Crippen LogP contribution in [0.15, 0.2) is 41.8 Å². The van der Waals surface area contributed by atoms with E-state index in [1.807, 2.05) is 11.4 Å². The van der Waals surface area contributed by atoms with Crippen molar-refractivity contribution in [2.24, 2.45) is 5.92 Å². The second kappa shape index (κ2) is 8.27. The van der Waals surface area contributed by atoms with Gasteiger partial charge < -0.3 is 15.0 Å². The van der Waals surface area contributed by atoms with E-state index < -0.39 is 6.61 Å². The molecular weight excluding hydrogens is 362 g/mol. The molecule has 1 fully saturated rings. The molecule has 1 saturated heterocycles. The molecule has 3 rings (SSSR count). The van der Waals surface area contributed by atoms with E-state index in [2.05, 4.69) is 10.1 Å². The fourth-order valence-corrected chi connectivity index (χ4v) is 3.59. The van der Waals surface area contributed by atoms with Crippen LogP contribution in [0.5, 0.6) is 5.75 Å². The van der Waals surface area contributed by atoms with Crippen LogP contribution in [-0.2, 0) is 4.79 Å². The molecule has 0 spiro atoms. The van der Waals surface area contributed by atoms with Crippen LogP contribution in [0.3, 0.4) is 0 Å². The number of anilines is 1. The minimum atomic E-state index is -2.88. The lowest BCUT2D eigenvalue weighted by molar-refractivity contribution is -0.121. The molecule has 1 aromatic carbocycles. The molecule has 2 aromatic rings. The van der Waals surface area contributed by atoms with Crippen LogP contribution < -0.4 is 10.1 Å². The van der Waals surface area contributed by atoms with Crippen LogP contribution in [0, 0.1) is 5.92 Å². The highest BCUT2D eigenvalue weighted by atomic mass is 32.1. The molecular formula is C18H18F2N2O3S. The van der Waals surface area contributed by atoms with Crippen molar-refractivity contribution in [2.45, 2.75) is 19.5 Å². The van der Waals surface area contributed by atoms with Crippen molar-refractivity contribution in [3.05, 3.63) is 46.7 Å². The fraction of sp³-hybridized carbons (Fsp3) is 0.333. The monoisotopic (exact) mass is 380 g/mol. The van der Waals surface area contributed by atoms with Gasteiger partial charge in [-0.1, -0.05) is 6.07 Å². The lowest BCUT2D eigenvalue weighted by atomic mass is 9.97. The van der Waals surface area contributed by atoms with Crippen LogP contribution in [0.4, 0.5) is 14.5 Å². The Morgan fingerprint density at radius 3 is 2.65 bits per heavy atom. The number of halogens is 2. The summed E-state index contributed by atoms with van der Waals surface area (Å²) < 4.78 is 28.6. The van der Waals surface area contributed by atoms with E-state index >= 15 is 0 Å². The second-order valence-corrected chi connectivity index (χ2v) is 6.91. The Balaban J connectivity index is 1.58. The Morgan fingerprint density at radius 2 is 2.00 bits per heavy atom. The Morgan fingerprint density at radius 1 is 1.23 bits per heavy atom. The van der Waals surface area contributed by atoms with E-state index in [-0.39, 0.29) is 23.5 Å². The minimum absolute atomic E-state index is 0.0309. The number of nitrogens with zero attached hydrogens (tertiary/aromatic N) is 1. The molecule has 1 N–H and O–H groups in total. The lowest BCUT2D eigenvalue weighted by Crippen LogP contribution is -2.43. The first kappa shape index (κ1) is 18.3. The van der Waals surface area contributed by atoms with Gasteiger partial charge in [0.15, 0.2) is 0 Å². The predicted molar refractivity (Wildman–Crippen MR) is 94.7 cm³/mol. The van der Waals surface area contributed by atoms with Gasteiger partial charge in [0.2, 0.25) is 5.91 Å². The molecule has 2 heterocycles. The zero-order valence-electron chi connectivity index (χ0n) is 13.9. The zero-order chi connectivity index (χ0) is 18.5. The van der Waals surface area contributed by atoms with Crippen molar-refractivity contribution in [2.75, 3.05) is 18.4 Å². The van der Waals surface area contributed by atoms with Crippen molar-refractivity contribution in [1.29, 1.82) is 0 Å². The van der Waals surface area contributed by atoms with Crippen molar-refractivity contribution >= 4 is 28.8 Å². The third-order valence-electron chi connectivity index (χ3n) is 4.16. The normalized spacial score (nSPS) is 17.2. The standard InChI is InChI=1S/C18H18F2N2O3S/c19-18(20)25-14-7-5-13(6-8-14)21-16(23)12-3-1-9-22(11-12)17(24)15-4-2-10-26-15/h2,4-8,10,12,18H,1,3,9,11H2,(H,21,23)/t12-/m0/s1. The third kappa shape index (κ3) is 4.57. The third-order valence-corrected chi connectivity index (χ3v) is 5.02. The van der Waals surface area contributed by atoms with E-state index in [1.54, 1.807) is 11.0 Å². The Kier molecular flexibility index (Phi) is 5.82. The Labute approximate surface area is 153 Å². The topological polar surface area (TPSA) is 58.6 Å². The molecule has 1 atom stereocenters. The number of ether oxygens (including phenoxy) is 1. The number of alkyl halides is 2. The summed E-state index contributed by atoms with van der Waals surface area (Å²) in [4.78, 5) is 27.3. The number of amides is 2. The maximum Gasteiger partial charge on any atom is 0.387 e. The molecule has 1 aliphatic heterocycles. The van der Waals surface area contributed by atoms with Crippen LogP contribution in [0.1, 0.15) is 22.5 Å². The lowest BCUT2D eigenvalue weighted by Gasteiger charge is -2.31. The van der Waals surface area contributed by atoms with Crippen molar-refractivity contribution < 1.29 is 23.1 Å². The first-order valence-electron chi connectivity index (χ1n) is 8.21.